The number of carbonyl (C=O) groups is 2. The highest BCUT2D eigenvalue weighted by Gasteiger charge is 2.39. The first-order valence-electron chi connectivity index (χ1n) is 9.55. The van der Waals surface area contributed by atoms with Gasteiger partial charge in [0.15, 0.2) is 15.5 Å². The van der Waals surface area contributed by atoms with Crippen molar-refractivity contribution < 1.29 is 31.2 Å². The zero-order valence-electron chi connectivity index (χ0n) is 16.4. The van der Waals surface area contributed by atoms with Crippen LogP contribution in [0.2, 0.25) is 0 Å². The molecule has 1 aliphatic rings. The van der Waals surface area contributed by atoms with Gasteiger partial charge in [0.2, 0.25) is 5.91 Å². The molecule has 0 atom stereocenters. The number of amides is 2. The first-order chi connectivity index (χ1) is 14.6. The number of hydrogen-bond acceptors (Lipinski definition) is 5. The summed E-state index contributed by atoms with van der Waals surface area (Å²) in [5, 5.41) is 5.91. The predicted octanol–water partition coefficient (Wildman–Crippen LogP) is 1.66. The molecule has 0 bridgehead atoms. The summed E-state index contributed by atoms with van der Waals surface area (Å²) in [7, 11) is -3.10. The molecule has 8 nitrogen and oxygen atoms in total. The maximum Gasteiger partial charge on any atom is 0.435 e. The Bertz CT molecular complexity index is 1040. The van der Waals surface area contributed by atoms with Gasteiger partial charge in [0.25, 0.3) is 5.91 Å². The van der Waals surface area contributed by atoms with Crippen LogP contribution in [-0.4, -0.2) is 66.1 Å². The van der Waals surface area contributed by atoms with Gasteiger partial charge in [-0.1, -0.05) is 18.2 Å². The van der Waals surface area contributed by atoms with E-state index in [1.807, 2.05) is 0 Å². The van der Waals surface area contributed by atoms with Crippen LogP contribution >= 0.6 is 0 Å². The topological polar surface area (TPSA) is 101 Å². The fourth-order valence-electron chi connectivity index (χ4n) is 3.12. The van der Waals surface area contributed by atoms with Crippen LogP contribution in [-0.2, 0) is 20.8 Å². The number of rotatable bonds is 6. The number of nitrogens with one attached hydrogen (secondary N) is 1. The van der Waals surface area contributed by atoms with Crippen LogP contribution in [0.1, 0.15) is 28.9 Å². The molecule has 1 N–H and O–H groups in total. The fraction of sp³-hybridized carbons (Fsp3) is 0.421. The van der Waals surface area contributed by atoms with E-state index in [1.54, 1.807) is 30.3 Å². The summed E-state index contributed by atoms with van der Waals surface area (Å²) in [6.45, 7) is 0.243. The number of alkyl halides is 3. The smallest absolute Gasteiger partial charge is 0.352 e. The molecule has 0 radical (unpaired) electrons. The van der Waals surface area contributed by atoms with Crippen molar-refractivity contribution in [1.82, 2.24) is 20.0 Å². The number of halogens is 3. The Kier molecular flexibility index (Phi) is 6.68. The quantitative estimate of drug-likeness (QED) is 0.664. The molecule has 0 spiro atoms. The first-order valence-corrected chi connectivity index (χ1v) is 11.4. The summed E-state index contributed by atoms with van der Waals surface area (Å²) in [5.74, 6) is -1.36. The van der Waals surface area contributed by atoms with Gasteiger partial charge in [0, 0.05) is 32.3 Å². The third-order valence-electron chi connectivity index (χ3n) is 4.80. The highest BCUT2D eigenvalue weighted by atomic mass is 32.2. The summed E-state index contributed by atoms with van der Waals surface area (Å²) in [5.41, 5.74) is -1.52. The van der Waals surface area contributed by atoms with Gasteiger partial charge in [0.05, 0.1) is 22.8 Å². The number of carbonyl (C=O) groups excluding carboxylic acids is 2. The number of benzene rings is 1. The van der Waals surface area contributed by atoms with E-state index in [1.165, 1.54) is 4.90 Å². The van der Waals surface area contributed by atoms with Crippen molar-refractivity contribution >= 4 is 21.7 Å². The Balaban J connectivity index is 1.58. The van der Waals surface area contributed by atoms with Crippen molar-refractivity contribution in [1.29, 1.82) is 0 Å². The number of aromatic nitrogens is 2. The number of para-hydroxylation sites is 1. The van der Waals surface area contributed by atoms with E-state index in [4.69, 9.17) is 0 Å². The minimum absolute atomic E-state index is 0.00940. The Labute approximate surface area is 176 Å². The van der Waals surface area contributed by atoms with Gasteiger partial charge in [-0.05, 0) is 18.6 Å². The van der Waals surface area contributed by atoms with Crippen LogP contribution in [0.25, 0.3) is 5.69 Å². The van der Waals surface area contributed by atoms with Crippen molar-refractivity contribution in [2.24, 2.45) is 0 Å². The Hall–Kier alpha value is -2.89. The summed E-state index contributed by atoms with van der Waals surface area (Å²) in [6.07, 6.45) is -3.53. The Morgan fingerprint density at radius 1 is 1.10 bits per heavy atom. The third kappa shape index (κ3) is 5.84. The van der Waals surface area contributed by atoms with Gasteiger partial charge in [-0.25, -0.2) is 13.1 Å². The fourth-order valence-corrected chi connectivity index (χ4v) is 4.32. The van der Waals surface area contributed by atoms with Crippen LogP contribution in [0.3, 0.4) is 0 Å². The molecule has 1 saturated heterocycles. The van der Waals surface area contributed by atoms with Crippen molar-refractivity contribution in [3.05, 3.63) is 47.8 Å². The number of nitrogens with zero attached hydrogens (tertiary/aromatic N) is 3. The largest absolute Gasteiger partial charge is 0.435 e. The van der Waals surface area contributed by atoms with E-state index < -0.39 is 33.2 Å². The van der Waals surface area contributed by atoms with Crippen LogP contribution < -0.4 is 5.32 Å². The van der Waals surface area contributed by atoms with Crippen LogP contribution in [0.15, 0.2) is 36.5 Å². The van der Waals surface area contributed by atoms with Crippen molar-refractivity contribution in [2.45, 2.75) is 19.0 Å². The van der Waals surface area contributed by atoms with E-state index in [-0.39, 0.29) is 49.9 Å². The number of sulfone groups is 1. The maximum absolute atomic E-state index is 13.3. The van der Waals surface area contributed by atoms with Gasteiger partial charge >= 0.3 is 6.18 Å². The van der Waals surface area contributed by atoms with E-state index in [2.05, 4.69) is 10.4 Å². The monoisotopic (exact) mass is 458 g/mol. The highest BCUT2D eigenvalue weighted by molar-refractivity contribution is 7.91. The van der Waals surface area contributed by atoms with E-state index in [0.29, 0.717) is 5.69 Å². The van der Waals surface area contributed by atoms with E-state index in [0.717, 1.165) is 10.9 Å². The molecular formula is C19H21F3N4O4S. The van der Waals surface area contributed by atoms with Crippen LogP contribution in [0.5, 0.6) is 0 Å². The standard InChI is InChI=1S/C19H21F3N4O4S/c20-19(21,22)17-15(13-26(24-17)14-5-2-1-3-6-14)18(28)23-8-4-7-16(27)25-9-11-31(29,30)12-10-25/h1-3,5-6,13H,4,7-12H2,(H,23,28). The molecule has 0 aliphatic carbocycles. The van der Waals surface area contributed by atoms with Crippen molar-refractivity contribution in [3.8, 4) is 5.69 Å². The lowest BCUT2D eigenvalue weighted by molar-refractivity contribution is -0.141. The van der Waals surface area contributed by atoms with Gasteiger partial charge in [-0.3, -0.25) is 9.59 Å². The van der Waals surface area contributed by atoms with Crippen molar-refractivity contribution in [2.75, 3.05) is 31.1 Å². The van der Waals surface area contributed by atoms with E-state index in [9.17, 15) is 31.2 Å². The average molecular weight is 458 g/mol. The molecule has 1 aromatic heterocycles. The second-order valence-corrected chi connectivity index (χ2v) is 9.36. The zero-order chi connectivity index (χ0) is 22.6. The first kappa shape index (κ1) is 22.8. The molecular weight excluding hydrogens is 437 g/mol. The third-order valence-corrected chi connectivity index (χ3v) is 6.41. The second-order valence-electron chi connectivity index (χ2n) is 7.06. The van der Waals surface area contributed by atoms with Crippen LogP contribution in [0.4, 0.5) is 13.2 Å². The lowest BCUT2D eigenvalue weighted by Gasteiger charge is -2.26. The molecule has 1 aromatic carbocycles. The molecule has 168 valence electrons. The van der Waals surface area contributed by atoms with Gasteiger partial charge in [-0.2, -0.15) is 18.3 Å². The van der Waals surface area contributed by atoms with Crippen LogP contribution in [0, 0.1) is 0 Å². The molecule has 1 fully saturated rings. The summed E-state index contributed by atoms with van der Waals surface area (Å²) < 4.78 is 63.8. The molecule has 12 heteroatoms. The molecule has 2 aromatic rings. The molecule has 31 heavy (non-hydrogen) atoms. The van der Waals surface area contributed by atoms with Gasteiger partial charge in [0.1, 0.15) is 0 Å². The Morgan fingerprint density at radius 2 is 1.74 bits per heavy atom. The summed E-state index contributed by atoms with van der Waals surface area (Å²) in [6, 6.07) is 8.10. The van der Waals surface area contributed by atoms with E-state index >= 15 is 0 Å². The average Bonchev–Trinajstić information content (AvgIpc) is 3.18. The van der Waals surface area contributed by atoms with Crippen molar-refractivity contribution in [3.63, 3.8) is 0 Å². The SMILES string of the molecule is O=C(NCCCC(=O)N1CCS(=O)(=O)CC1)c1cn(-c2ccccc2)nc1C(F)(F)F. The summed E-state index contributed by atoms with van der Waals surface area (Å²) in [4.78, 5) is 25.9. The molecule has 2 amide bonds. The maximum atomic E-state index is 13.3. The Morgan fingerprint density at radius 3 is 2.35 bits per heavy atom. The molecule has 0 saturated carbocycles. The second kappa shape index (κ2) is 9.08. The predicted molar refractivity (Wildman–Crippen MR) is 105 cm³/mol. The summed E-state index contributed by atoms with van der Waals surface area (Å²) >= 11 is 0. The molecule has 1 aliphatic heterocycles. The van der Waals surface area contributed by atoms with Gasteiger partial charge < -0.3 is 10.2 Å². The highest BCUT2D eigenvalue weighted by Crippen LogP contribution is 2.31. The molecule has 3 rings (SSSR count). The minimum atomic E-state index is -4.81. The lowest BCUT2D eigenvalue weighted by Crippen LogP contribution is -2.43. The zero-order valence-corrected chi connectivity index (χ0v) is 17.2. The number of hydrogen-bond donors (Lipinski definition) is 1. The molecule has 2 heterocycles. The minimum Gasteiger partial charge on any atom is -0.352 e. The lowest BCUT2D eigenvalue weighted by atomic mass is 10.2. The van der Waals surface area contributed by atoms with Gasteiger partial charge in [-0.15, -0.1) is 0 Å². The normalized spacial score (nSPS) is 16.2. The molecule has 0 unspecified atom stereocenters.